The van der Waals surface area contributed by atoms with Gasteiger partial charge in [-0.25, -0.2) is 9.97 Å². The molecule has 0 amide bonds. The molecule has 174 valence electrons. The van der Waals surface area contributed by atoms with E-state index in [-0.39, 0.29) is 0 Å². The van der Waals surface area contributed by atoms with E-state index in [0.29, 0.717) is 23.2 Å². The zero-order valence-electron chi connectivity index (χ0n) is 19.5. The molecular formula is C26H25N9. The quantitative estimate of drug-likeness (QED) is 0.388. The van der Waals surface area contributed by atoms with Crippen molar-refractivity contribution in [3.63, 3.8) is 0 Å². The smallest absolute Gasteiger partial charge is 0.272 e. The molecule has 1 aliphatic rings. The summed E-state index contributed by atoms with van der Waals surface area (Å²) in [6, 6.07) is 16.4. The zero-order chi connectivity index (χ0) is 23.6. The van der Waals surface area contributed by atoms with E-state index in [1.165, 1.54) is 5.56 Å². The van der Waals surface area contributed by atoms with E-state index in [2.05, 4.69) is 65.5 Å². The molecule has 0 spiro atoms. The maximum absolute atomic E-state index is 4.85. The highest BCUT2D eigenvalue weighted by atomic mass is 15.4. The van der Waals surface area contributed by atoms with E-state index >= 15 is 0 Å². The van der Waals surface area contributed by atoms with Crippen molar-refractivity contribution in [1.82, 2.24) is 39.7 Å². The largest absolute Gasteiger partial charge is 0.341 e. The summed E-state index contributed by atoms with van der Waals surface area (Å²) in [5, 5.41) is 13.4. The molecule has 0 bridgehead atoms. The molecular weight excluding hydrogens is 438 g/mol. The molecule has 5 aromatic rings. The number of benzene rings is 1. The van der Waals surface area contributed by atoms with Crippen LogP contribution in [-0.2, 0) is 6.42 Å². The first-order chi connectivity index (χ1) is 17.2. The Balaban J connectivity index is 1.22. The summed E-state index contributed by atoms with van der Waals surface area (Å²) in [5.74, 6) is 2.43. The van der Waals surface area contributed by atoms with Crippen molar-refractivity contribution in [2.45, 2.75) is 26.2 Å². The average Bonchev–Trinajstić information content (AvgIpc) is 3.36. The van der Waals surface area contributed by atoms with Crippen LogP contribution in [0.4, 0.5) is 5.95 Å². The summed E-state index contributed by atoms with van der Waals surface area (Å²) in [7, 11) is 0. The van der Waals surface area contributed by atoms with E-state index in [9.17, 15) is 0 Å². The number of pyridine rings is 1. The van der Waals surface area contributed by atoms with Crippen molar-refractivity contribution in [3.05, 3.63) is 78.4 Å². The SMILES string of the molecule is Cc1c(-c2ccnc(N3CCC(Cc4ccccc4)CC3)n2)nnc2nc(-c3cccnc3)nn12. The van der Waals surface area contributed by atoms with Crippen LogP contribution in [0.15, 0.2) is 67.1 Å². The van der Waals surface area contributed by atoms with E-state index in [0.717, 1.165) is 55.3 Å². The summed E-state index contributed by atoms with van der Waals surface area (Å²) < 4.78 is 1.71. The van der Waals surface area contributed by atoms with Gasteiger partial charge in [-0.1, -0.05) is 30.3 Å². The molecule has 4 aromatic heterocycles. The Kier molecular flexibility index (Phi) is 5.57. The average molecular weight is 464 g/mol. The lowest BCUT2D eigenvalue weighted by Gasteiger charge is -2.32. The highest BCUT2D eigenvalue weighted by molar-refractivity contribution is 5.60. The van der Waals surface area contributed by atoms with Gasteiger partial charge in [0.15, 0.2) is 5.82 Å². The number of piperidine rings is 1. The third-order valence-corrected chi connectivity index (χ3v) is 6.56. The highest BCUT2D eigenvalue weighted by Crippen LogP contribution is 2.26. The second kappa shape index (κ2) is 9.17. The Morgan fingerprint density at radius 2 is 1.77 bits per heavy atom. The van der Waals surface area contributed by atoms with Gasteiger partial charge in [0.2, 0.25) is 5.95 Å². The Morgan fingerprint density at radius 3 is 2.57 bits per heavy atom. The molecule has 0 radical (unpaired) electrons. The second-order valence-electron chi connectivity index (χ2n) is 8.88. The standard InChI is InChI=1S/C26H25N9/c1-18-23(31-32-26-30-24(33-35(18)26)21-8-5-12-27-17-21)22-9-13-28-25(29-22)34-14-10-20(11-15-34)16-19-6-3-2-4-7-19/h2-9,12-13,17,20H,10-11,14-16H2,1H3. The van der Waals surface area contributed by atoms with Gasteiger partial charge in [-0.3, -0.25) is 4.98 Å². The molecule has 1 fully saturated rings. The first-order valence-electron chi connectivity index (χ1n) is 11.9. The maximum Gasteiger partial charge on any atom is 0.272 e. The van der Waals surface area contributed by atoms with Gasteiger partial charge in [0.25, 0.3) is 5.78 Å². The van der Waals surface area contributed by atoms with E-state index in [1.54, 1.807) is 23.1 Å². The molecule has 5 heterocycles. The van der Waals surface area contributed by atoms with Crippen molar-refractivity contribution < 1.29 is 0 Å². The lowest BCUT2D eigenvalue weighted by atomic mass is 9.90. The Morgan fingerprint density at radius 1 is 0.914 bits per heavy atom. The molecule has 9 nitrogen and oxygen atoms in total. The number of fused-ring (bicyclic) bond motifs is 1. The van der Waals surface area contributed by atoms with Gasteiger partial charge >= 0.3 is 0 Å². The fraction of sp³-hybridized carbons (Fsp3) is 0.269. The number of rotatable bonds is 5. The van der Waals surface area contributed by atoms with Crippen LogP contribution in [0.3, 0.4) is 0 Å². The van der Waals surface area contributed by atoms with Crippen LogP contribution in [0.5, 0.6) is 0 Å². The minimum Gasteiger partial charge on any atom is -0.341 e. The molecule has 9 heteroatoms. The van der Waals surface area contributed by atoms with Gasteiger partial charge in [-0.15, -0.1) is 15.3 Å². The summed E-state index contributed by atoms with van der Waals surface area (Å²) in [4.78, 5) is 20.3. The molecule has 6 rings (SSSR count). The zero-order valence-corrected chi connectivity index (χ0v) is 19.5. The normalized spacial score (nSPS) is 14.5. The van der Waals surface area contributed by atoms with Crippen molar-refractivity contribution in [1.29, 1.82) is 0 Å². The molecule has 1 aliphatic heterocycles. The van der Waals surface area contributed by atoms with Crippen molar-refractivity contribution in [3.8, 4) is 22.8 Å². The van der Waals surface area contributed by atoms with E-state index in [1.807, 2.05) is 25.1 Å². The van der Waals surface area contributed by atoms with Gasteiger partial charge < -0.3 is 4.90 Å². The van der Waals surface area contributed by atoms with Crippen LogP contribution in [-0.4, -0.2) is 52.8 Å². The van der Waals surface area contributed by atoms with Crippen molar-refractivity contribution >= 4 is 11.7 Å². The molecule has 0 atom stereocenters. The van der Waals surface area contributed by atoms with Crippen LogP contribution < -0.4 is 4.90 Å². The predicted molar refractivity (Wildman–Crippen MR) is 133 cm³/mol. The van der Waals surface area contributed by atoms with Gasteiger partial charge in [0.05, 0.1) is 11.4 Å². The van der Waals surface area contributed by atoms with Crippen LogP contribution in [0, 0.1) is 12.8 Å². The van der Waals surface area contributed by atoms with Crippen LogP contribution >= 0.6 is 0 Å². The van der Waals surface area contributed by atoms with Crippen LogP contribution in [0.2, 0.25) is 0 Å². The molecule has 0 N–H and O–H groups in total. The van der Waals surface area contributed by atoms with Gasteiger partial charge in [0.1, 0.15) is 5.69 Å². The molecule has 1 aromatic carbocycles. The van der Waals surface area contributed by atoms with E-state index in [4.69, 9.17) is 4.98 Å². The van der Waals surface area contributed by atoms with Gasteiger partial charge in [-0.05, 0) is 55.9 Å². The van der Waals surface area contributed by atoms with Crippen molar-refractivity contribution in [2.24, 2.45) is 5.92 Å². The third kappa shape index (κ3) is 4.32. The Hall–Kier alpha value is -4.27. The predicted octanol–water partition coefficient (Wildman–Crippen LogP) is 3.81. The minimum atomic E-state index is 0.444. The fourth-order valence-corrected chi connectivity index (χ4v) is 4.63. The first kappa shape index (κ1) is 21.3. The summed E-state index contributed by atoms with van der Waals surface area (Å²) in [6.07, 6.45) is 8.64. The van der Waals surface area contributed by atoms with Crippen molar-refractivity contribution in [2.75, 3.05) is 18.0 Å². The minimum absolute atomic E-state index is 0.444. The number of nitrogens with zero attached hydrogens (tertiary/aromatic N) is 9. The number of hydrogen-bond acceptors (Lipinski definition) is 8. The highest BCUT2D eigenvalue weighted by Gasteiger charge is 2.22. The van der Waals surface area contributed by atoms with Gasteiger partial charge in [0, 0.05) is 37.2 Å². The first-order valence-corrected chi connectivity index (χ1v) is 11.9. The van der Waals surface area contributed by atoms with Crippen LogP contribution in [0.1, 0.15) is 24.1 Å². The number of aryl methyl sites for hydroxylation is 1. The van der Waals surface area contributed by atoms with Crippen LogP contribution in [0.25, 0.3) is 28.6 Å². The summed E-state index contributed by atoms with van der Waals surface area (Å²) in [6.45, 7) is 3.85. The third-order valence-electron chi connectivity index (χ3n) is 6.56. The number of anilines is 1. The lowest BCUT2D eigenvalue weighted by molar-refractivity contribution is 0.400. The number of hydrogen-bond donors (Lipinski definition) is 0. The molecule has 0 unspecified atom stereocenters. The number of aromatic nitrogens is 8. The molecule has 1 saturated heterocycles. The Labute approximate surface area is 203 Å². The monoisotopic (exact) mass is 463 g/mol. The molecule has 0 aliphatic carbocycles. The maximum atomic E-state index is 4.85. The lowest BCUT2D eigenvalue weighted by Crippen LogP contribution is -2.35. The summed E-state index contributed by atoms with van der Waals surface area (Å²) in [5.41, 5.74) is 4.46. The molecule has 35 heavy (non-hydrogen) atoms. The Bertz CT molecular complexity index is 1440. The molecule has 0 saturated carbocycles. The second-order valence-corrected chi connectivity index (χ2v) is 8.88. The van der Waals surface area contributed by atoms with E-state index < -0.39 is 0 Å². The fourth-order valence-electron chi connectivity index (χ4n) is 4.63. The topological polar surface area (TPSA) is 97.9 Å². The van der Waals surface area contributed by atoms with Gasteiger partial charge in [-0.2, -0.15) is 9.50 Å². The summed E-state index contributed by atoms with van der Waals surface area (Å²) >= 11 is 0.